The van der Waals surface area contributed by atoms with E-state index in [1.54, 1.807) is 18.2 Å². The van der Waals surface area contributed by atoms with Crippen molar-refractivity contribution in [2.24, 2.45) is 5.92 Å². The van der Waals surface area contributed by atoms with E-state index in [4.69, 9.17) is 9.84 Å². The molecule has 0 aromatic heterocycles. The summed E-state index contributed by atoms with van der Waals surface area (Å²) in [4.78, 5) is 37.9. The van der Waals surface area contributed by atoms with Crippen LogP contribution in [-0.2, 0) is 14.4 Å². The first-order valence-corrected chi connectivity index (χ1v) is 7.43. The number of carbonyl (C=O) groups excluding carboxylic acids is 2. The molecule has 1 fully saturated rings. The summed E-state index contributed by atoms with van der Waals surface area (Å²) >= 11 is 0. The number of rotatable bonds is 6. The number of carbonyl (C=O) groups is 3. The largest absolute Gasteiger partial charge is 0.492 e. The van der Waals surface area contributed by atoms with Gasteiger partial charge in [0, 0.05) is 20.0 Å². The summed E-state index contributed by atoms with van der Waals surface area (Å²) in [5.74, 6) is -1.53. The molecule has 1 aromatic carbocycles. The quantitative estimate of drug-likeness (QED) is 0.844. The second-order valence-corrected chi connectivity index (χ2v) is 5.39. The topological polar surface area (TPSA) is 87.2 Å². The summed E-state index contributed by atoms with van der Waals surface area (Å²) in [6.45, 7) is 2.18. The maximum absolute atomic E-state index is 12.3. The average Bonchev–Trinajstić information content (AvgIpc) is 2.88. The van der Waals surface area contributed by atoms with Crippen LogP contribution in [0.25, 0.3) is 0 Å². The minimum absolute atomic E-state index is 0.0727. The molecule has 1 atom stereocenters. The fourth-order valence-corrected chi connectivity index (χ4v) is 2.66. The zero-order valence-corrected chi connectivity index (χ0v) is 13.2. The van der Waals surface area contributed by atoms with Crippen LogP contribution in [0.5, 0.6) is 5.75 Å². The highest BCUT2D eigenvalue weighted by Gasteiger charge is 2.37. The molecule has 1 aliphatic heterocycles. The highest BCUT2D eigenvalue weighted by Crippen LogP contribution is 2.33. The molecule has 23 heavy (non-hydrogen) atoms. The van der Waals surface area contributed by atoms with Crippen LogP contribution in [0, 0.1) is 5.92 Å². The lowest BCUT2D eigenvalue weighted by atomic mass is 10.1. The van der Waals surface area contributed by atoms with Gasteiger partial charge in [-0.2, -0.15) is 0 Å². The van der Waals surface area contributed by atoms with Crippen LogP contribution < -0.4 is 9.64 Å². The maximum atomic E-state index is 12.3. The Morgan fingerprint density at radius 2 is 2.09 bits per heavy atom. The molecule has 0 radical (unpaired) electrons. The van der Waals surface area contributed by atoms with E-state index in [0.717, 1.165) is 4.90 Å². The maximum Gasteiger partial charge on any atom is 0.323 e. The first kappa shape index (κ1) is 16.8. The minimum atomic E-state index is -1.08. The molecule has 1 N–H and O–H groups in total. The Hall–Kier alpha value is -2.57. The van der Waals surface area contributed by atoms with Crippen molar-refractivity contribution in [2.75, 3.05) is 31.6 Å². The minimum Gasteiger partial charge on any atom is -0.492 e. The van der Waals surface area contributed by atoms with Crippen molar-refractivity contribution < 1.29 is 24.2 Å². The van der Waals surface area contributed by atoms with Crippen LogP contribution in [0.4, 0.5) is 5.69 Å². The Kier molecular flexibility index (Phi) is 5.20. The molecule has 0 saturated carbocycles. The summed E-state index contributed by atoms with van der Waals surface area (Å²) in [6, 6.07) is 7.17. The van der Waals surface area contributed by atoms with Crippen LogP contribution in [0.15, 0.2) is 24.3 Å². The van der Waals surface area contributed by atoms with Crippen LogP contribution in [-0.4, -0.2) is 54.5 Å². The Bertz CT molecular complexity index is 616. The van der Waals surface area contributed by atoms with Gasteiger partial charge in [0.15, 0.2) is 0 Å². The fraction of sp³-hybridized carbons (Fsp3) is 0.438. The Balaban J connectivity index is 2.14. The number of carboxylic acids is 1. The van der Waals surface area contributed by atoms with Crippen molar-refractivity contribution in [2.45, 2.75) is 13.3 Å². The molecule has 0 bridgehead atoms. The number of amides is 2. The van der Waals surface area contributed by atoms with Gasteiger partial charge in [-0.3, -0.25) is 14.4 Å². The van der Waals surface area contributed by atoms with Gasteiger partial charge in [0.1, 0.15) is 12.3 Å². The standard InChI is InChI=1S/C16H20N2O5/c1-3-23-13-7-5-4-6-12(13)18-9-11(8-14(18)19)16(22)17(2)10-15(20)21/h4-7,11H,3,8-10H2,1-2H3,(H,20,21). The first-order chi connectivity index (χ1) is 10.9. The number of anilines is 1. The lowest BCUT2D eigenvalue weighted by Gasteiger charge is -2.21. The van der Waals surface area contributed by atoms with Crippen LogP contribution >= 0.6 is 0 Å². The third kappa shape index (κ3) is 3.80. The van der Waals surface area contributed by atoms with Gasteiger partial charge in [0.05, 0.1) is 18.2 Å². The van der Waals surface area contributed by atoms with Gasteiger partial charge >= 0.3 is 5.97 Å². The number of benzene rings is 1. The molecule has 1 heterocycles. The van der Waals surface area contributed by atoms with E-state index in [1.165, 1.54) is 11.9 Å². The third-order valence-corrected chi connectivity index (χ3v) is 3.68. The van der Waals surface area contributed by atoms with Crippen molar-refractivity contribution in [1.82, 2.24) is 4.90 Å². The molecule has 124 valence electrons. The Morgan fingerprint density at radius 3 is 2.74 bits per heavy atom. The van der Waals surface area contributed by atoms with Gasteiger partial charge in [-0.15, -0.1) is 0 Å². The van der Waals surface area contributed by atoms with Gasteiger partial charge in [-0.05, 0) is 19.1 Å². The molecule has 1 saturated heterocycles. The molecule has 1 aliphatic rings. The summed E-state index contributed by atoms with van der Waals surface area (Å²) in [7, 11) is 1.43. The van der Waals surface area contributed by atoms with Crippen LogP contribution in [0.3, 0.4) is 0 Å². The molecule has 1 unspecified atom stereocenters. The zero-order valence-electron chi connectivity index (χ0n) is 13.2. The van der Waals surface area contributed by atoms with Crippen LogP contribution in [0.2, 0.25) is 0 Å². The third-order valence-electron chi connectivity index (χ3n) is 3.68. The van der Waals surface area contributed by atoms with Crippen LogP contribution in [0.1, 0.15) is 13.3 Å². The molecule has 0 spiro atoms. The second-order valence-electron chi connectivity index (χ2n) is 5.39. The normalized spacial score (nSPS) is 17.2. The number of carboxylic acid groups (broad SMARTS) is 1. The van der Waals surface area contributed by atoms with Crippen molar-refractivity contribution >= 4 is 23.5 Å². The second kappa shape index (κ2) is 7.13. The predicted octanol–water partition coefficient (Wildman–Crippen LogP) is 0.981. The number of nitrogens with zero attached hydrogens (tertiary/aromatic N) is 2. The molecule has 2 amide bonds. The lowest BCUT2D eigenvalue weighted by molar-refractivity contribution is -0.145. The van der Waals surface area contributed by atoms with E-state index in [-0.39, 0.29) is 31.3 Å². The van der Waals surface area contributed by atoms with Crippen molar-refractivity contribution in [1.29, 1.82) is 0 Å². The van der Waals surface area contributed by atoms with E-state index in [2.05, 4.69) is 0 Å². The summed E-state index contributed by atoms with van der Waals surface area (Å²) in [5.41, 5.74) is 0.635. The van der Waals surface area contributed by atoms with Gasteiger partial charge in [-0.25, -0.2) is 0 Å². The van der Waals surface area contributed by atoms with E-state index in [0.29, 0.717) is 18.0 Å². The summed E-state index contributed by atoms with van der Waals surface area (Å²) in [5, 5.41) is 8.77. The highest BCUT2D eigenvalue weighted by atomic mass is 16.5. The molecule has 0 aliphatic carbocycles. The van der Waals surface area contributed by atoms with Crippen molar-refractivity contribution in [3.63, 3.8) is 0 Å². The number of hydrogen-bond acceptors (Lipinski definition) is 4. The Morgan fingerprint density at radius 1 is 1.39 bits per heavy atom. The van der Waals surface area contributed by atoms with Crippen molar-refractivity contribution in [3.8, 4) is 5.75 Å². The first-order valence-electron chi connectivity index (χ1n) is 7.43. The van der Waals surface area contributed by atoms with E-state index in [9.17, 15) is 14.4 Å². The Labute approximate surface area is 134 Å². The molecular formula is C16H20N2O5. The molecular weight excluding hydrogens is 300 g/mol. The number of likely N-dealkylation sites (N-methyl/N-ethyl adjacent to an activating group) is 1. The van der Waals surface area contributed by atoms with Gasteiger partial charge < -0.3 is 19.6 Å². The fourth-order valence-electron chi connectivity index (χ4n) is 2.66. The SMILES string of the molecule is CCOc1ccccc1N1CC(C(=O)N(C)CC(=O)O)CC1=O. The van der Waals surface area contributed by atoms with Crippen molar-refractivity contribution in [3.05, 3.63) is 24.3 Å². The van der Waals surface area contributed by atoms with Gasteiger partial charge in [0.2, 0.25) is 11.8 Å². The summed E-state index contributed by atoms with van der Waals surface area (Å²) in [6.07, 6.45) is 0.0727. The highest BCUT2D eigenvalue weighted by molar-refractivity contribution is 6.01. The van der Waals surface area contributed by atoms with Gasteiger partial charge in [0.25, 0.3) is 0 Å². The smallest absolute Gasteiger partial charge is 0.323 e. The average molecular weight is 320 g/mol. The number of para-hydroxylation sites is 2. The van der Waals surface area contributed by atoms with E-state index >= 15 is 0 Å². The van der Waals surface area contributed by atoms with Gasteiger partial charge in [-0.1, -0.05) is 12.1 Å². The molecule has 7 nitrogen and oxygen atoms in total. The predicted molar refractivity (Wildman–Crippen MR) is 83.3 cm³/mol. The monoisotopic (exact) mass is 320 g/mol. The summed E-state index contributed by atoms with van der Waals surface area (Å²) < 4.78 is 5.53. The van der Waals surface area contributed by atoms with E-state index in [1.807, 2.05) is 13.0 Å². The molecule has 1 aromatic rings. The molecule has 7 heteroatoms. The lowest BCUT2D eigenvalue weighted by Crippen LogP contribution is -2.37. The van der Waals surface area contributed by atoms with E-state index < -0.39 is 11.9 Å². The zero-order chi connectivity index (χ0) is 17.0. The number of ether oxygens (including phenoxy) is 1. The number of hydrogen-bond donors (Lipinski definition) is 1. The number of aliphatic carboxylic acids is 1. The molecule has 2 rings (SSSR count).